The second-order valence-corrected chi connectivity index (χ2v) is 6.63. The minimum atomic E-state index is 0.463. The van der Waals surface area contributed by atoms with Gasteiger partial charge in [0.05, 0.1) is 0 Å². The third kappa shape index (κ3) is 3.48. The molecule has 0 unspecified atom stereocenters. The molecule has 20 heavy (non-hydrogen) atoms. The zero-order valence-corrected chi connectivity index (χ0v) is 12.9. The molecule has 1 aromatic heterocycles. The first-order chi connectivity index (χ1) is 9.63. The molecule has 1 heterocycles. The summed E-state index contributed by atoms with van der Waals surface area (Å²) in [4.78, 5) is 11.7. The van der Waals surface area contributed by atoms with Gasteiger partial charge < -0.3 is 10.2 Å². The molecular formula is C16H26N4. The third-order valence-corrected chi connectivity index (χ3v) is 4.26. The van der Waals surface area contributed by atoms with Crippen LogP contribution in [0, 0.1) is 12.8 Å². The highest BCUT2D eigenvalue weighted by molar-refractivity contribution is 5.34. The number of hydrogen-bond donors (Lipinski definition) is 1. The van der Waals surface area contributed by atoms with Crippen LogP contribution in [0.25, 0.3) is 0 Å². The number of anilines is 1. The van der Waals surface area contributed by atoms with Gasteiger partial charge in [-0.1, -0.05) is 0 Å². The minimum Gasteiger partial charge on any atom is -0.338 e. The molecule has 2 aliphatic rings. The fourth-order valence-electron chi connectivity index (χ4n) is 2.44. The summed E-state index contributed by atoms with van der Waals surface area (Å²) in [5.74, 6) is 1.76. The van der Waals surface area contributed by atoms with E-state index in [-0.39, 0.29) is 0 Å². The highest BCUT2D eigenvalue weighted by atomic mass is 15.3. The molecule has 3 rings (SSSR count). The van der Waals surface area contributed by atoms with Crippen LogP contribution in [0.1, 0.15) is 50.8 Å². The molecular weight excluding hydrogens is 248 g/mol. The lowest BCUT2D eigenvalue weighted by molar-refractivity contribution is 0.622. The Balaban J connectivity index is 1.69. The summed E-state index contributed by atoms with van der Waals surface area (Å²) in [7, 11) is 0. The second kappa shape index (κ2) is 5.68. The molecule has 0 aromatic carbocycles. The summed E-state index contributed by atoms with van der Waals surface area (Å²) in [6.07, 6.45) is 7.38. The zero-order chi connectivity index (χ0) is 14.1. The Hall–Kier alpha value is -1.16. The number of aryl methyl sites for hydroxylation is 1. The van der Waals surface area contributed by atoms with Crippen molar-refractivity contribution in [2.45, 2.75) is 65.1 Å². The highest BCUT2D eigenvalue weighted by Crippen LogP contribution is 2.31. The quantitative estimate of drug-likeness (QED) is 0.830. The van der Waals surface area contributed by atoms with Gasteiger partial charge in [-0.3, -0.25) is 0 Å². The summed E-state index contributed by atoms with van der Waals surface area (Å²) < 4.78 is 0. The molecule has 2 aliphatic carbocycles. The van der Waals surface area contributed by atoms with Crippen molar-refractivity contribution < 1.29 is 0 Å². The lowest BCUT2D eigenvalue weighted by Gasteiger charge is -2.27. The van der Waals surface area contributed by atoms with Crippen LogP contribution in [0.15, 0.2) is 6.20 Å². The van der Waals surface area contributed by atoms with Gasteiger partial charge in [-0.05, 0) is 52.4 Å². The van der Waals surface area contributed by atoms with Crippen molar-refractivity contribution in [1.82, 2.24) is 15.3 Å². The van der Waals surface area contributed by atoms with Gasteiger partial charge in [0.25, 0.3) is 0 Å². The fourth-order valence-corrected chi connectivity index (χ4v) is 2.44. The number of aromatic nitrogens is 2. The molecule has 0 amide bonds. The first-order valence-electron chi connectivity index (χ1n) is 7.96. The summed E-state index contributed by atoms with van der Waals surface area (Å²) >= 11 is 0. The molecule has 1 aromatic rings. The van der Waals surface area contributed by atoms with Gasteiger partial charge in [-0.2, -0.15) is 0 Å². The average molecular weight is 274 g/mol. The van der Waals surface area contributed by atoms with E-state index in [1.807, 2.05) is 6.20 Å². The van der Waals surface area contributed by atoms with Crippen LogP contribution >= 0.6 is 0 Å². The summed E-state index contributed by atoms with van der Waals surface area (Å²) in [5, 5.41) is 3.53. The standard InChI is InChI=1S/C16H26N4/c1-11(2)20(10-13-4-5-13)16-18-9-14(12(3)19-16)8-17-15-6-7-15/h9,11,13,15,17H,4-8,10H2,1-3H3. The maximum Gasteiger partial charge on any atom is 0.225 e. The van der Waals surface area contributed by atoms with Crippen LogP contribution in [0.2, 0.25) is 0 Å². The molecule has 4 nitrogen and oxygen atoms in total. The van der Waals surface area contributed by atoms with Gasteiger partial charge in [-0.15, -0.1) is 0 Å². The van der Waals surface area contributed by atoms with Gasteiger partial charge in [0.1, 0.15) is 0 Å². The highest BCUT2D eigenvalue weighted by Gasteiger charge is 2.27. The van der Waals surface area contributed by atoms with E-state index in [0.717, 1.165) is 36.7 Å². The molecule has 0 atom stereocenters. The predicted octanol–water partition coefficient (Wildman–Crippen LogP) is 2.66. The van der Waals surface area contributed by atoms with Crippen molar-refractivity contribution in [3.05, 3.63) is 17.5 Å². The Morgan fingerprint density at radius 3 is 2.60 bits per heavy atom. The first kappa shape index (κ1) is 13.8. The second-order valence-electron chi connectivity index (χ2n) is 6.63. The summed E-state index contributed by atoms with van der Waals surface area (Å²) in [6.45, 7) is 8.57. The van der Waals surface area contributed by atoms with Crippen LogP contribution in [0.4, 0.5) is 5.95 Å². The van der Waals surface area contributed by atoms with Crippen LogP contribution in [0.5, 0.6) is 0 Å². The molecule has 0 spiro atoms. The van der Waals surface area contributed by atoms with Gasteiger partial charge in [0, 0.05) is 42.6 Å². The Morgan fingerprint density at radius 2 is 2.05 bits per heavy atom. The van der Waals surface area contributed by atoms with Gasteiger partial charge in [0.2, 0.25) is 5.95 Å². The van der Waals surface area contributed by atoms with Gasteiger partial charge >= 0.3 is 0 Å². The number of rotatable bonds is 7. The lowest BCUT2D eigenvalue weighted by Crippen LogP contribution is -2.34. The van der Waals surface area contributed by atoms with E-state index in [1.165, 1.54) is 31.2 Å². The van der Waals surface area contributed by atoms with Crippen LogP contribution in [-0.2, 0) is 6.54 Å². The molecule has 2 fully saturated rings. The Bertz CT molecular complexity index is 464. The van der Waals surface area contributed by atoms with Crippen molar-refractivity contribution in [2.75, 3.05) is 11.4 Å². The Morgan fingerprint density at radius 1 is 1.30 bits per heavy atom. The number of hydrogen-bond acceptors (Lipinski definition) is 4. The van der Waals surface area contributed by atoms with Crippen LogP contribution in [-0.4, -0.2) is 28.6 Å². The molecule has 110 valence electrons. The minimum absolute atomic E-state index is 0.463. The number of nitrogens with one attached hydrogen (secondary N) is 1. The summed E-state index contributed by atoms with van der Waals surface area (Å²) in [6, 6.07) is 1.20. The molecule has 0 radical (unpaired) electrons. The Kier molecular flexibility index (Phi) is 3.92. The SMILES string of the molecule is Cc1nc(N(CC2CC2)C(C)C)ncc1CNC1CC1. The molecule has 0 aliphatic heterocycles. The van der Waals surface area contributed by atoms with E-state index >= 15 is 0 Å². The average Bonchev–Trinajstić information content (AvgIpc) is 3.28. The molecule has 0 bridgehead atoms. The van der Waals surface area contributed by atoms with E-state index in [9.17, 15) is 0 Å². The lowest BCUT2D eigenvalue weighted by atomic mass is 10.2. The first-order valence-corrected chi connectivity index (χ1v) is 7.96. The van der Waals surface area contributed by atoms with E-state index in [1.54, 1.807) is 0 Å². The van der Waals surface area contributed by atoms with Crippen molar-refractivity contribution in [2.24, 2.45) is 5.92 Å². The molecule has 1 N–H and O–H groups in total. The zero-order valence-electron chi connectivity index (χ0n) is 12.9. The Labute approximate surface area is 122 Å². The van der Waals surface area contributed by atoms with Crippen LogP contribution in [0.3, 0.4) is 0 Å². The van der Waals surface area contributed by atoms with Crippen LogP contribution < -0.4 is 10.2 Å². The van der Waals surface area contributed by atoms with Crippen molar-refractivity contribution in [3.63, 3.8) is 0 Å². The summed E-state index contributed by atoms with van der Waals surface area (Å²) in [5.41, 5.74) is 2.35. The van der Waals surface area contributed by atoms with E-state index in [2.05, 4.69) is 36.0 Å². The molecule has 4 heteroatoms. The predicted molar refractivity (Wildman–Crippen MR) is 81.8 cm³/mol. The molecule has 2 saturated carbocycles. The van der Waals surface area contributed by atoms with E-state index in [4.69, 9.17) is 4.98 Å². The topological polar surface area (TPSA) is 41.1 Å². The van der Waals surface area contributed by atoms with E-state index in [0.29, 0.717) is 6.04 Å². The van der Waals surface area contributed by atoms with Gasteiger partial charge in [-0.25, -0.2) is 9.97 Å². The van der Waals surface area contributed by atoms with E-state index < -0.39 is 0 Å². The van der Waals surface area contributed by atoms with Crippen molar-refractivity contribution in [3.8, 4) is 0 Å². The van der Waals surface area contributed by atoms with Crippen molar-refractivity contribution >= 4 is 5.95 Å². The number of nitrogens with zero attached hydrogens (tertiary/aromatic N) is 3. The van der Waals surface area contributed by atoms with Crippen molar-refractivity contribution in [1.29, 1.82) is 0 Å². The maximum absolute atomic E-state index is 4.75. The maximum atomic E-state index is 4.75. The monoisotopic (exact) mass is 274 g/mol. The fraction of sp³-hybridized carbons (Fsp3) is 0.750. The largest absolute Gasteiger partial charge is 0.338 e. The normalized spacial score (nSPS) is 18.6. The van der Waals surface area contributed by atoms with Gasteiger partial charge in [0.15, 0.2) is 0 Å². The smallest absolute Gasteiger partial charge is 0.225 e. The third-order valence-electron chi connectivity index (χ3n) is 4.26. The molecule has 0 saturated heterocycles.